The van der Waals surface area contributed by atoms with Gasteiger partial charge in [0.05, 0.1) is 15.9 Å². The van der Waals surface area contributed by atoms with Crippen LogP contribution in [0.1, 0.15) is 29.8 Å². The highest BCUT2D eigenvalue weighted by Crippen LogP contribution is 2.31. The summed E-state index contributed by atoms with van der Waals surface area (Å²) in [7, 11) is -4.04. The van der Waals surface area contributed by atoms with Gasteiger partial charge in [-0.25, -0.2) is 41.1 Å². The molecule has 180 valence electrons. The van der Waals surface area contributed by atoms with Crippen LogP contribution in [0.15, 0.2) is 41.3 Å². The van der Waals surface area contributed by atoms with Crippen molar-refractivity contribution in [3.05, 3.63) is 53.7 Å². The number of carbonyl (C=O) groups is 1. The van der Waals surface area contributed by atoms with Crippen LogP contribution in [0.4, 0.5) is 29.1 Å². The first-order valence-corrected chi connectivity index (χ1v) is 11.7. The average molecular weight is 497 g/mol. The van der Waals surface area contributed by atoms with Crippen molar-refractivity contribution in [3.8, 4) is 0 Å². The number of fused-ring (bicyclic) bond motifs is 1. The van der Waals surface area contributed by atoms with Crippen LogP contribution in [0, 0.1) is 11.6 Å². The number of benzene rings is 2. The molecule has 1 aliphatic rings. The fourth-order valence-electron chi connectivity index (χ4n) is 3.63. The first kappa shape index (κ1) is 23.8. The maximum Gasteiger partial charge on any atom is 0.278 e. The summed E-state index contributed by atoms with van der Waals surface area (Å²) in [6, 6.07) is 6.71. The first-order valence-electron chi connectivity index (χ1n) is 10.2. The van der Waals surface area contributed by atoms with Gasteiger partial charge in [-0.1, -0.05) is 6.07 Å². The van der Waals surface area contributed by atoms with E-state index in [1.54, 1.807) is 0 Å². The van der Waals surface area contributed by atoms with Gasteiger partial charge >= 0.3 is 0 Å². The molecule has 0 saturated carbocycles. The number of primary sulfonamides is 1. The van der Waals surface area contributed by atoms with Gasteiger partial charge in [0.2, 0.25) is 15.9 Å². The van der Waals surface area contributed by atoms with E-state index in [-0.39, 0.29) is 59.1 Å². The molecular formula is C21H19F4N5O3S. The van der Waals surface area contributed by atoms with Gasteiger partial charge in [0, 0.05) is 43.8 Å². The minimum absolute atomic E-state index is 0.0577. The standard InChI is InChI=1S/C21H19F4N5O3S/c22-14-10-16-17(11-15(14)23)29-19(30-7-2-5-21(24,25)6-8-30)18(28-16)20(31)27-12-3-1-4-13(9-12)34(26,32)33/h1,3-4,9-11H,2,5-8H2,(H,27,31)(H2,26,32,33). The lowest BCUT2D eigenvalue weighted by atomic mass is 10.1. The molecule has 4 rings (SSSR count). The third kappa shape index (κ3) is 5.09. The smallest absolute Gasteiger partial charge is 0.278 e. The topological polar surface area (TPSA) is 118 Å². The summed E-state index contributed by atoms with van der Waals surface area (Å²) >= 11 is 0. The number of aromatic nitrogens is 2. The number of sulfonamides is 1. The van der Waals surface area contributed by atoms with Gasteiger partial charge in [-0.05, 0) is 24.6 Å². The Morgan fingerprint density at radius 2 is 1.71 bits per heavy atom. The Morgan fingerprint density at radius 3 is 2.38 bits per heavy atom. The lowest BCUT2D eigenvalue weighted by Crippen LogP contribution is -2.30. The molecule has 3 N–H and O–H groups in total. The fourth-order valence-corrected chi connectivity index (χ4v) is 4.19. The van der Waals surface area contributed by atoms with Crippen molar-refractivity contribution in [1.82, 2.24) is 9.97 Å². The number of hydrogen-bond donors (Lipinski definition) is 2. The largest absolute Gasteiger partial charge is 0.354 e. The molecule has 0 bridgehead atoms. The van der Waals surface area contributed by atoms with E-state index in [0.29, 0.717) is 0 Å². The second-order valence-corrected chi connectivity index (χ2v) is 9.44. The highest BCUT2D eigenvalue weighted by molar-refractivity contribution is 7.89. The second-order valence-electron chi connectivity index (χ2n) is 7.87. The summed E-state index contributed by atoms with van der Waals surface area (Å²) in [5.74, 6) is -6.18. The van der Waals surface area contributed by atoms with E-state index in [9.17, 15) is 30.8 Å². The molecule has 0 unspecified atom stereocenters. The summed E-state index contributed by atoms with van der Waals surface area (Å²) in [6.45, 7) is -0.00131. The van der Waals surface area contributed by atoms with Crippen molar-refractivity contribution < 1.29 is 30.8 Å². The zero-order chi connectivity index (χ0) is 24.7. The Hall–Kier alpha value is -3.32. The number of halogens is 4. The first-order chi connectivity index (χ1) is 15.9. The monoisotopic (exact) mass is 497 g/mol. The van der Waals surface area contributed by atoms with Gasteiger partial charge in [-0.15, -0.1) is 0 Å². The van der Waals surface area contributed by atoms with Gasteiger partial charge in [-0.2, -0.15) is 0 Å². The van der Waals surface area contributed by atoms with Crippen molar-refractivity contribution in [1.29, 1.82) is 0 Å². The van der Waals surface area contributed by atoms with Crippen LogP contribution in [0.5, 0.6) is 0 Å². The van der Waals surface area contributed by atoms with Crippen molar-refractivity contribution in [2.24, 2.45) is 5.14 Å². The number of carbonyl (C=O) groups excluding carboxylic acids is 1. The normalized spacial score (nSPS) is 16.3. The van der Waals surface area contributed by atoms with E-state index in [1.807, 2.05) is 0 Å². The summed E-state index contributed by atoms with van der Waals surface area (Å²) in [4.78, 5) is 22.7. The molecule has 1 amide bonds. The summed E-state index contributed by atoms with van der Waals surface area (Å²) in [5, 5.41) is 7.59. The number of hydrogen-bond acceptors (Lipinski definition) is 6. The SMILES string of the molecule is NS(=O)(=O)c1cccc(NC(=O)c2nc3cc(F)c(F)cc3nc2N2CCCC(F)(F)CC2)c1. The molecule has 0 radical (unpaired) electrons. The van der Waals surface area contributed by atoms with E-state index in [2.05, 4.69) is 15.3 Å². The number of amides is 1. The Morgan fingerprint density at radius 1 is 1.03 bits per heavy atom. The van der Waals surface area contributed by atoms with Gasteiger partial charge in [0.1, 0.15) is 0 Å². The maximum absolute atomic E-state index is 13.9. The van der Waals surface area contributed by atoms with Crippen molar-refractivity contribution in [3.63, 3.8) is 0 Å². The van der Waals surface area contributed by atoms with Crippen molar-refractivity contribution in [2.75, 3.05) is 23.3 Å². The molecule has 1 aliphatic heterocycles. The van der Waals surface area contributed by atoms with Crippen molar-refractivity contribution >= 4 is 38.5 Å². The molecule has 1 aromatic heterocycles. The molecule has 34 heavy (non-hydrogen) atoms. The number of rotatable bonds is 4. The van der Waals surface area contributed by atoms with Crippen LogP contribution in [0.3, 0.4) is 0 Å². The Kier molecular flexibility index (Phi) is 6.16. The molecule has 13 heteroatoms. The van der Waals surface area contributed by atoms with Gasteiger partial charge < -0.3 is 10.2 Å². The number of nitrogens with one attached hydrogen (secondary N) is 1. The highest BCUT2D eigenvalue weighted by atomic mass is 32.2. The minimum atomic E-state index is -4.04. The van der Waals surface area contributed by atoms with Gasteiger partial charge in [-0.3, -0.25) is 4.79 Å². The molecule has 1 saturated heterocycles. The lowest BCUT2D eigenvalue weighted by Gasteiger charge is -2.24. The van der Waals surface area contributed by atoms with Crippen LogP contribution < -0.4 is 15.4 Å². The maximum atomic E-state index is 13.9. The molecule has 3 aromatic rings. The van der Waals surface area contributed by atoms with Crippen LogP contribution in [-0.2, 0) is 10.0 Å². The molecule has 0 spiro atoms. The summed E-state index contributed by atoms with van der Waals surface area (Å²) in [6.07, 6.45) is -0.712. The average Bonchev–Trinajstić information content (AvgIpc) is 2.94. The number of nitrogens with zero attached hydrogens (tertiary/aromatic N) is 3. The van der Waals surface area contributed by atoms with Gasteiger partial charge in [0.25, 0.3) is 5.91 Å². The van der Waals surface area contributed by atoms with E-state index >= 15 is 0 Å². The molecular weight excluding hydrogens is 478 g/mol. The number of alkyl halides is 2. The lowest BCUT2D eigenvalue weighted by molar-refractivity contribution is -0.0102. The Balaban J connectivity index is 1.77. The zero-order valence-corrected chi connectivity index (χ0v) is 18.4. The number of anilines is 2. The fraction of sp³-hybridized carbons (Fsp3) is 0.286. The quantitative estimate of drug-likeness (QED) is 0.534. The van der Waals surface area contributed by atoms with E-state index in [1.165, 1.54) is 23.1 Å². The van der Waals surface area contributed by atoms with Crippen molar-refractivity contribution in [2.45, 2.75) is 30.1 Å². The van der Waals surface area contributed by atoms with Crippen LogP contribution in [0.25, 0.3) is 11.0 Å². The second kappa shape index (κ2) is 8.80. The predicted molar refractivity (Wildman–Crippen MR) is 116 cm³/mol. The Bertz CT molecular complexity index is 1380. The molecule has 0 atom stereocenters. The van der Waals surface area contributed by atoms with Crippen LogP contribution in [0.2, 0.25) is 0 Å². The highest BCUT2D eigenvalue weighted by Gasteiger charge is 2.33. The third-order valence-corrected chi connectivity index (χ3v) is 6.25. The van der Waals surface area contributed by atoms with E-state index in [4.69, 9.17) is 5.14 Å². The molecule has 8 nitrogen and oxygen atoms in total. The van der Waals surface area contributed by atoms with E-state index in [0.717, 1.165) is 18.2 Å². The molecule has 0 aliphatic carbocycles. The third-order valence-electron chi connectivity index (χ3n) is 5.34. The van der Waals surface area contributed by atoms with Crippen LogP contribution >= 0.6 is 0 Å². The summed E-state index contributed by atoms with van der Waals surface area (Å²) < 4.78 is 78.5. The van der Waals surface area contributed by atoms with E-state index < -0.39 is 39.9 Å². The van der Waals surface area contributed by atoms with Crippen LogP contribution in [-0.4, -0.2) is 43.3 Å². The molecule has 2 aromatic carbocycles. The molecule has 1 fully saturated rings. The minimum Gasteiger partial charge on any atom is -0.354 e. The zero-order valence-electron chi connectivity index (χ0n) is 17.6. The Labute approximate surface area is 191 Å². The van der Waals surface area contributed by atoms with Gasteiger partial charge in [0.15, 0.2) is 23.1 Å². The predicted octanol–water partition coefficient (Wildman–Crippen LogP) is 3.43. The number of nitrogens with two attached hydrogens (primary N) is 1. The summed E-state index contributed by atoms with van der Waals surface area (Å²) in [5.41, 5.74) is -0.425. The molecule has 2 heterocycles.